The number of unbranched alkanes of at least 4 members (excludes halogenated alkanes) is 4. The average molecular weight is 504 g/mol. The third-order valence-corrected chi connectivity index (χ3v) is 8.13. The van der Waals surface area contributed by atoms with Crippen molar-refractivity contribution in [3.63, 3.8) is 0 Å². The maximum absolute atomic E-state index is 11.7. The molecule has 1 saturated heterocycles. The van der Waals surface area contributed by atoms with Gasteiger partial charge < -0.3 is 15.0 Å². The molecule has 7 heteroatoms. The van der Waals surface area contributed by atoms with Crippen molar-refractivity contribution in [3.8, 4) is 0 Å². The van der Waals surface area contributed by atoms with Crippen LogP contribution in [0.2, 0.25) is 0 Å². The van der Waals surface area contributed by atoms with Crippen LogP contribution in [0.3, 0.4) is 0 Å². The van der Waals surface area contributed by atoms with E-state index in [0.29, 0.717) is 24.9 Å². The van der Waals surface area contributed by atoms with E-state index in [2.05, 4.69) is 16.3 Å². The predicted molar refractivity (Wildman–Crippen MR) is 145 cm³/mol. The van der Waals surface area contributed by atoms with Crippen LogP contribution in [0.15, 0.2) is 23.1 Å². The van der Waals surface area contributed by atoms with Crippen molar-refractivity contribution >= 4 is 30.2 Å². The Morgan fingerprint density at radius 2 is 1.80 bits per heavy atom. The Morgan fingerprint density at radius 1 is 1.09 bits per heavy atom. The Hall–Kier alpha value is -1.70. The maximum atomic E-state index is 11.7. The Bertz CT molecular complexity index is 766. The second-order valence-electron chi connectivity index (χ2n) is 9.64. The van der Waals surface area contributed by atoms with Crippen molar-refractivity contribution in [2.45, 2.75) is 88.1 Å². The van der Waals surface area contributed by atoms with Crippen LogP contribution in [0, 0.1) is 0 Å². The number of nitrogens with one attached hydrogen (secondary N) is 1. The molecule has 1 aromatic rings. The second-order valence-corrected chi connectivity index (χ2v) is 10.8. The summed E-state index contributed by atoms with van der Waals surface area (Å²) in [6.07, 6.45) is 14.4. The van der Waals surface area contributed by atoms with E-state index in [1.54, 1.807) is 18.8 Å². The number of rotatable bonds is 17. The standard InChI is InChI=1S/C28H45N3O3S/c1-29-28(34)16-15-25(23-33)30(2)21-26-24(22-32)13-12-14-27(26)35-20-11-7-3-4-8-17-31-18-9-5-6-10-19-31/h12-14,22-23,25H,3-11,15-21H2,1-2H3,(H,29,34). The fourth-order valence-corrected chi connectivity index (χ4v) is 5.77. The zero-order valence-electron chi connectivity index (χ0n) is 21.8. The maximum Gasteiger partial charge on any atom is 0.219 e. The van der Waals surface area contributed by atoms with Crippen LogP contribution in [0.4, 0.5) is 0 Å². The summed E-state index contributed by atoms with van der Waals surface area (Å²) in [7, 11) is 3.48. The minimum absolute atomic E-state index is 0.0725. The van der Waals surface area contributed by atoms with Crippen molar-refractivity contribution in [2.75, 3.05) is 39.5 Å². The minimum atomic E-state index is -0.362. The van der Waals surface area contributed by atoms with Gasteiger partial charge in [-0.25, -0.2) is 0 Å². The molecule has 1 heterocycles. The number of aldehydes is 2. The molecule has 1 atom stereocenters. The quantitative estimate of drug-likeness (QED) is 0.184. The number of likely N-dealkylation sites (tertiary alicyclic amines) is 1. The zero-order chi connectivity index (χ0) is 25.3. The van der Waals surface area contributed by atoms with Gasteiger partial charge in [0.15, 0.2) is 0 Å². The fraction of sp³-hybridized carbons (Fsp3) is 0.679. The summed E-state index contributed by atoms with van der Waals surface area (Å²) in [6, 6.07) is 5.48. The number of benzene rings is 1. The van der Waals surface area contributed by atoms with Gasteiger partial charge in [0.05, 0.1) is 6.04 Å². The van der Waals surface area contributed by atoms with E-state index in [-0.39, 0.29) is 11.9 Å². The van der Waals surface area contributed by atoms with Crippen molar-refractivity contribution in [2.24, 2.45) is 0 Å². The highest BCUT2D eigenvalue weighted by atomic mass is 32.2. The smallest absolute Gasteiger partial charge is 0.219 e. The van der Waals surface area contributed by atoms with Gasteiger partial charge in [0.2, 0.25) is 5.91 Å². The van der Waals surface area contributed by atoms with E-state index in [1.165, 1.54) is 71.0 Å². The summed E-state index contributed by atoms with van der Waals surface area (Å²) in [5, 5.41) is 2.60. The highest BCUT2D eigenvalue weighted by Gasteiger charge is 2.19. The van der Waals surface area contributed by atoms with Crippen LogP contribution in [-0.2, 0) is 16.1 Å². The molecular weight excluding hydrogens is 458 g/mol. The molecule has 1 amide bonds. The Balaban J connectivity index is 1.76. The van der Waals surface area contributed by atoms with E-state index in [0.717, 1.165) is 35.2 Å². The largest absolute Gasteiger partial charge is 0.359 e. The van der Waals surface area contributed by atoms with Gasteiger partial charge in [0.1, 0.15) is 12.6 Å². The summed E-state index contributed by atoms with van der Waals surface area (Å²) < 4.78 is 0. The minimum Gasteiger partial charge on any atom is -0.359 e. The lowest BCUT2D eigenvalue weighted by atomic mass is 10.1. The normalized spacial score (nSPS) is 15.5. The van der Waals surface area contributed by atoms with Crippen molar-refractivity contribution in [3.05, 3.63) is 29.3 Å². The van der Waals surface area contributed by atoms with Gasteiger partial charge in [0.25, 0.3) is 0 Å². The average Bonchev–Trinajstić information content (AvgIpc) is 3.15. The number of hydrogen-bond acceptors (Lipinski definition) is 6. The number of carbonyl (C=O) groups excluding carboxylic acids is 3. The molecule has 1 aliphatic heterocycles. The molecule has 2 rings (SSSR count). The van der Waals surface area contributed by atoms with Crippen LogP contribution in [0.25, 0.3) is 0 Å². The van der Waals surface area contributed by atoms with Gasteiger partial charge in [-0.15, -0.1) is 11.8 Å². The Labute approximate surface area is 216 Å². The van der Waals surface area contributed by atoms with Crippen LogP contribution < -0.4 is 5.32 Å². The molecule has 1 fully saturated rings. The molecule has 0 saturated carbocycles. The molecule has 0 aliphatic carbocycles. The monoisotopic (exact) mass is 503 g/mol. The SMILES string of the molecule is CNC(=O)CCC(C=O)N(C)Cc1c(C=O)cccc1SCCCCCCCN1CCCCCC1. The number of carbonyl (C=O) groups is 3. The molecule has 1 unspecified atom stereocenters. The third-order valence-electron chi connectivity index (χ3n) is 6.95. The first kappa shape index (κ1) is 29.5. The zero-order valence-corrected chi connectivity index (χ0v) is 22.6. The highest BCUT2D eigenvalue weighted by molar-refractivity contribution is 7.99. The van der Waals surface area contributed by atoms with E-state index in [1.807, 2.05) is 24.1 Å². The molecule has 6 nitrogen and oxygen atoms in total. The molecule has 1 aromatic carbocycles. The molecule has 0 bridgehead atoms. The topological polar surface area (TPSA) is 69.7 Å². The Morgan fingerprint density at radius 3 is 2.49 bits per heavy atom. The van der Waals surface area contributed by atoms with E-state index < -0.39 is 0 Å². The lowest BCUT2D eigenvalue weighted by Gasteiger charge is -2.25. The summed E-state index contributed by atoms with van der Waals surface area (Å²) in [5.41, 5.74) is 1.64. The first-order valence-electron chi connectivity index (χ1n) is 13.4. The van der Waals surface area contributed by atoms with Gasteiger partial charge >= 0.3 is 0 Å². The number of hydrogen-bond donors (Lipinski definition) is 1. The second kappa shape index (κ2) is 17.7. The Kier molecular flexibility index (Phi) is 14.9. The first-order valence-corrected chi connectivity index (χ1v) is 14.4. The van der Waals surface area contributed by atoms with Gasteiger partial charge in [-0.3, -0.25) is 14.5 Å². The van der Waals surface area contributed by atoms with Crippen LogP contribution in [0.5, 0.6) is 0 Å². The predicted octanol–water partition coefficient (Wildman–Crippen LogP) is 4.94. The summed E-state index contributed by atoms with van der Waals surface area (Å²) in [6.45, 7) is 4.34. The van der Waals surface area contributed by atoms with Crippen molar-refractivity contribution in [1.82, 2.24) is 15.1 Å². The number of amides is 1. The molecule has 35 heavy (non-hydrogen) atoms. The van der Waals surface area contributed by atoms with Gasteiger partial charge in [-0.1, -0.05) is 44.2 Å². The summed E-state index contributed by atoms with van der Waals surface area (Å²) in [5.74, 6) is 0.954. The lowest BCUT2D eigenvalue weighted by Crippen LogP contribution is -2.34. The number of nitrogens with zero attached hydrogens (tertiary/aromatic N) is 2. The lowest BCUT2D eigenvalue weighted by molar-refractivity contribution is -0.121. The molecule has 0 spiro atoms. The van der Waals surface area contributed by atoms with Gasteiger partial charge in [-0.2, -0.15) is 0 Å². The fourth-order valence-electron chi connectivity index (χ4n) is 4.67. The molecular formula is C28H45N3O3S. The van der Waals surface area contributed by atoms with Crippen molar-refractivity contribution < 1.29 is 14.4 Å². The number of thioether (sulfide) groups is 1. The molecule has 0 aromatic heterocycles. The van der Waals surface area contributed by atoms with Crippen molar-refractivity contribution in [1.29, 1.82) is 0 Å². The highest BCUT2D eigenvalue weighted by Crippen LogP contribution is 2.28. The molecule has 196 valence electrons. The van der Waals surface area contributed by atoms with Crippen LogP contribution in [-0.4, -0.2) is 73.8 Å². The van der Waals surface area contributed by atoms with Gasteiger partial charge in [0, 0.05) is 30.5 Å². The van der Waals surface area contributed by atoms with Crippen LogP contribution >= 0.6 is 11.8 Å². The summed E-state index contributed by atoms with van der Waals surface area (Å²) >= 11 is 1.80. The van der Waals surface area contributed by atoms with Gasteiger partial charge in [-0.05, 0) is 76.2 Å². The molecule has 1 aliphatic rings. The third kappa shape index (κ3) is 11.3. The first-order chi connectivity index (χ1) is 17.1. The van der Waals surface area contributed by atoms with E-state index in [9.17, 15) is 14.4 Å². The summed E-state index contributed by atoms with van der Waals surface area (Å²) in [4.78, 5) is 40.6. The van der Waals surface area contributed by atoms with E-state index in [4.69, 9.17) is 0 Å². The van der Waals surface area contributed by atoms with Crippen LogP contribution in [0.1, 0.15) is 86.6 Å². The molecule has 1 N–H and O–H groups in total. The number of likely N-dealkylation sites (N-methyl/N-ethyl adjacent to an activating group) is 1. The molecule has 0 radical (unpaired) electrons. The van der Waals surface area contributed by atoms with E-state index >= 15 is 0 Å².